The predicted octanol–water partition coefficient (Wildman–Crippen LogP) is 2.69. The van der Waals surface area contributed by atoms with Crippen molar-refractivity contribution in [3.8, 4) is 5.75 Å². The van der Waals surface area contributed by atoms with Gasteiger partial charge in [0, 0.05) is 44.1 Å². The normalized spacial score (nSPS) is 29.6. The molecule has 0 bridgehead atoms. The number of nitrogens with zero attached hydrogens (tertiary/aromatic N) is 4. The zero-order chi connectivity index (χ0) is 22.1. The fourth-order valence-electron chi connectivity index (χ4n) is 5.72. The molecule has 1 aliphatic heterocycles. The minimum atomic E-state index is -0.0435. The third-order valence-corrected chi connectivity index (χ3v) is 7.75. The highest BCUT2D eigenvalue weighted by Gasteiger charge is 2.62. The summed E-state index contributed by atoms with van der Waals surface area (Å²) in [6.45, 7) is 5.68. The Kier molecular flexibility index (Phi) is 5.97. The van der Waals surface area contributed by atoms with Gasteiger partial charge in [-0.1, -0.05) is 12.1 Å². The van der Waals surface area contributed by atoms with Gasteiger partial charge in [0.2, 0.25) is 0 Å². The number of fused-ring (bicyclic) bond motifs is 1. The highest BCUT2D eigenvalue weighted by molar-refractivity contribution is 5.77. The van der Waals surface area contributed by atoms with Gasteiger partial charge in [-0.05, 0) is 56.9 Å². The van der Waals surface area contributed by atoms with E-state index >= 15 is 0 Å². The van der Waals surface area contributed by atoms with Crippen LogP contribution in [0.25, 0.3) is 0 Å². The van der Waals surface area contributed by atoms with Crippen molar-refractivity contribution in [1.82, 2.24) is 25.2 Å². The molecule has 2 aromatic rings. The van der Waals surface area contributed by atoms with Gasteiger partial charge in [0.15, 0.2) is 12.4 Å². The third-order valence-electron chi connectivity index (χ3n) is 7.75. The van der Waals surface area contributed by atoms with Crippen molar-refractivity contribution in [3.05, 3.63) is 29.9 Å². The molecule has 5 rings (SSSR count). The lowest BCUT2D eigenvalue weighted by Crippen LogP contribution is -2.40. The predicted molar refractivity (Wildman–Crippen MR) is 119 cm³/mol. The first-order valence-electron chi connectivity index (χ1n) is 12.1. The Labute approximate surface area is 189 Å². The molecule has 1 amide bonds. The number of carbonyl (C=O) groups is 1. The van der Waals surface area contributed by atoms with E-state index in [-0.39, 0.29) is 24.0 Å². The molecule has 32 heavy (non-hydrogen) atoms. The molecule has 1 N–H and O–H groups in total. The molecular formula is C24H35N5O3. The van der Waals surface area contributed by atoms with Crippen LogP contribution in [0.2, 0.25) is 0 Å². The first-order valence-corrected chi connectivity index (χ1v) is 12.1. The van der Waals surface area contributed by atoms with E-state index in [1.807, 2.05) is 7.05 Å². The fourth-order valence-corrected chi connectivity index (χ4v) is 5.72. The molecule has 2 saturated carbocycles. The quantitative estimate of drug-likeness (QED) is 0.644. The molecule has 3 aliphatic rings. The lowest BCUT2D eigenvalue weighted by Gasteiger charge is -2.30. The molecule has 8 heteroatoms. The van der Waals surface area contributed by atoms with Crippen LogP contribution in [0.1, 0.15) is 56.9 Å². The first-order chi connectivity index (χ1) is 15.5. The molecule has 3 fully saturated rings. The van der Waals surface area contributed by atoms with Gasteiger partial charge in [-0.2, -0.15) is 5.10 Å². The van der Waals surface area contributed by atoms with Crippen LogP contribution in [0.3, 0.4) is 0 Å². The average Bonchev–Trinajstić information content (AvgIpc) is 3.20. The summed E-state index contributed by atoms with van der Waals surface area (Å²) in [4.78, 5) is 14.8. The SMILES string of the molecule is CCc1cc([C@]23C[C@H]2CN(CC[C@H]2CC[C@H](NC(=O)COc4cnn(C)c4)CC2)C3)no1. The Morgan fingerprint density at radius 1 is 1.34 bits per heavy atom. The highest BCUT2D eigenvalue weighted by Crippen LogP contribution is 2.58. The number of aryl methyl sites for hydroxylation is 2. The standard InChI is InChI=1S/C24H35N5O3/c1-3-20-10-22(27-32-20)24-11-18(24)13-29(16-24)9-8-17-4-6-19(7-5-17)26-23(30)15-31-21-12-25-28(2)14-21/h10,12,14,17-19H,3-9,11,13,15-16H2,1-2H3,(H,26,30)/t17-,18-,19-,24-/m0/s1. The van der Waals surface area contributed by atoms with Gasteiger partial charge in [0.25, 0.3) is 5.91 Å². The summed E-state index contributed by atoms with van der Waals surface area (Å²) in [5.74, 6) is 3.12. The number of hydrogen-bond acceptors (Lipinski definition) is 6. The van der Waals surface area contributed by atoms with E-state index in [1.54, 1.807) is 17.1 Å². The van der Waals surface area contributed by atoms with Crippen LogP contribution >= 0.6 is 0 Å². The molecule has 0 radical (unpaired) electrons. The Morgan fingerprint density at radius 3 is 2.91 bits per heavy atom. The van der Waals surface area contributed by atoms with Crippen molar-refractivity contribution in [1.29, 1.82) is 0 Å². The van der Waals surface area contributed by atoms with E-state index in [0.29, 0.717) is 5.75 Å². The van der Waals surface area contributed by atoms with Crippen LogP contribution < -0.4 is 10.1 Å². The number of likely N-dealkylation sites (tertiary alicyclic amines) is 1. The number of aromatic nitrogens is 3. The van der Waals surface area contributed by atoms with Gasteiger partial charge in [0.05, 0.1) is 18.1 Å². The monoisotopic (exact) mass is 441 g/mol. The molecule has 2 atom stereocenters. The van der Waals surface area contributed by atoms with E-state index in [4.69, 9.17) is 9.26 Å². The van der Waals surface area contributed by atoms with Crippen molar-refractivity contribution in [3.63, 3.8) is 0 Å². The topological polar surface area (TPSA) is 85.4 Å². The Bertz CT molecular complexity index is 932. The molecule has 2 aliphatic carbocycles. The molecule has 3 heterocycles. The molecule has 8 nitrogen and oxygen atoms in total. The second-order valence-electron chi connectivity index (χ2n) is 10.0. The summed E-state index contributed by atoms with van der Waals surface area (Å²) in [6.07, 6.45) is 11.3. The zero-order valence-electron chi connectivity index (χ0n) is 19.3. The van der Waals surface area contributed by atoms with E-state index < -0.39 is 0 Å². The van der Waals surface area contributed by atoms with E-state index in [0.717, 1.165) is 43.4 Å². The largest absolute Gasteiger partial charge is 0.480 e. The first kappa shape index (κ1) is 21.5. The Morgan fingerprint density at radius 2 is 2.19 bits per heavy atom. The molecule has 0 aromatic carbocycles. The van der Waals surface area contributed by atoms with E-state index in [9.17, 15) is 4.79 Å². The van der Waals surface area contributed by atoms with Gasteiger partial charge >= 0.3 is 0 Å². The maximum absolute atomic E-state index is 12.2. The molecule has 0 unspecified atom stereocenters. The molecule has 174 valence electrons. The second-order valence-corrected chi connectivity index (χ2v) is 10.0. The highest BCUT2D eigenvalue weighted by atomic mass is 16.5. The van der Waals surface area contributed by atoms with Crippen LogP contribution in [0.15, 0.2) is 23.0 Å². The maximum atomic E-state index is 12.2. The minimum Gasteiger partial charge on any atom is -0.480 e. The number of ether oxygens (including phenoxy) is 1. The number of amides is 1. The van der Waals surface area contributed by atoms with E-state index in [2.05, 4.69) is 33.5 Å². The molecule has 2 aromatic heterocycles. The molecule has 0 spiro atoms. The second kappa shape index (κ2) is 8.89. The Hall–Kier alpha value is -2.35. The summed E-state index contributed by atoms with van der Waals surface area (Å²) in [5, 5.41) is 11.6. The lowest BCUT2D eigenvalue weighted by molar-refractivity contribution is -0.124. The lowest BCUT2D eigenvalue weighted by atomic mass is 9.84. The number of carbonyl (C=O) groups excluding carboxylic acids is 1. The van der Waals surface area contributed by atoms with Gasteiger partial charge in [0.1, 0.15) is 5.76 Å². The van der Waals surface area contributed by atoms with Gasteiger partial charge in [-0.25, -0.2) is 0 Å². The van der Waals surface area contributed by atoms with Crippen molar-refractivity contribution in [2.24, 2.45) is 18.9 Å². The van der Waals surface area contributed by atoms with Crippen LogP contribution in [0, 0.1) is 11.8 Å². The van der Waals surface area contributed by atoms with Crippen LogP contribution in [-0.4, -0.2) is 58.0 Å². The average molecular weight is 442 g/mol. The fraction of sp³-hybridized carbons (Fsp3) is 0.708. The van der Waals surface area contributed by atoms with Gasteiger partial charge in [-0.15, -0.1) is 0 Å². The zero-order valence-corrected chi connectivity index (χ0v) is 19.3. The number of rotatable bonds is 9. The van der Waals surface area contributed by atoms with E-state index in [1.165, 1.54) is 44.5 Å². The van der Waals surface area contributed by atoms with Crippen LogP contribution in [0.4, 0.5) is 0 Å². The van der Waals surface area contributed by atoms with Crippen molar-refractivity contribution >= 4 is 5.91 Å². The van der Waals surface area contributed by atoms with Crippen molar-refractivity contribution in [2.45, 2.75) is 63.3 Å². The summed E-state index contributed by atoms with van der Waals surface area (Å²) in [5.41, 5.74) is 1.46. The molecule has 1 saturated heterocycles. The molecular weight excluding hydrogens is 406 g/mol. The number of piperidine rings is 1. The third kappa shape index (κ3) is 4.56. The minimum absolute atomic E-state index is 0.0435. The van der Waals surface area contributed by atoms with Crippen LogP contribution in [0.5, 0.6) is 5.75 Å². The van der Waals surface area contributed by atoms with Crippen LogP contribution in [-0.2, 0) is 23.7 Å². The smallest absolute Gasteiger partial charge is 0.258 e. The summed E-state index contributed by atoms with van der Waals surface area (Å²) in [6, 6.07) is 2.46. The van der Waals surface area contributed by atoms with Crippen molar-refractivity contribution < 1.29 is 14.1 Å². The van der Waals surface area contributed by atoms with Gasteiger partial charge < -0.3 is 19.5 Å². The summed E-state index contributed by atoms with van der Waals surface area (Å²) in [7, 11) is 1.83. The Balaban J connectivity index is 0.995. The summed E-state index contributed by atoms with van der Waals surface area (Å²) < 4.78 is 12.6. The maximum Gasteiger partial charge on any atom is 0.258 e. The summed E-state index contributed by atoms with van der Waals surface area (Å²) >= 11 is 0. The van der Waals surface area contributed by atoms with Crippen molar-refractivity contribution in [2.75, 3.05) is 26.2 Å². The number of hydrogen-bond donors (Lipinski definition) is 1. The number of nitrogens with one attached hydrogen (secondary N) is 1. The van der Waals surface area contributed by atoms with Gasteiger partial charge in [-0.3, -0.25) is 9.48 Å².